The number of rotatable bonds is 3. The number of nitrogens with zero attached hydrogens (tertiary/aromatic N) is 3. The maximum Gasteiger partial charge on any atom is 0.490 e. The van der Waals surface area contributed by atoms with E-state index in [1.807, 2.05) is 22.6 Å². The van der Waals surface area contributed by atoms with E-state index in [-0.39, 0.29) is 5.91 Å². The fourth-order valence-corrected chi connectivity index (χ4v) is 4.03. The third-order valence-electron chi connectivity index (χ3n) is 4.73. The summed E-state index contributed by atoms with van der Waals surface area (Å²) in [4.78, 5) is 29.8. The molecule has 1 N–H and O–H groups in total. The van der Waals surface area contributed by atoms with Crippen molar-refractivity contribution in [1.82, 2.24) is 14.8 Å². The van der Waals surface area contributed by atoms with Crippen LogP contribution >= 0.6 is 11.3 Å². The predicted molar refractivity (Wildman–Crippen MR) is 92.7 cm³/mol. The average molecular weight is 417 g/mol. The van der Waals surface area contributed by atoms with Gasteiger partial charge in [-0.1, -0.05) is 0 Å². The standard InChI is InChI=1S/C15H17N3O2S.C2HF3O2/c19-15(14-9-21-10-16-14)18-6-12-4-17(5-13(12)7-18)3-11-1-2-20-8-11;3-2(4,5)1(6)7/h1-2,8-10,12-13H,3-7H2;(H,6,7). The van der Waals surface area contributed by atoms with Crippen molar-refractivity contribution in [3.63, 3.8) is 0 Å². The Balaban J connectivity index is 0.000000279. The Morgan fingerprint density at radius 3 is 2.36 bits per heavy atom. The number of hydrogen-bond donors (Lipinski definition) is 1. The molecule has 2 aromatic rings. The monoisotopic (exact) mass is 417 g/mol. The number of carboxylic acid groups (broad SMARTS) is 1. The lowest BCUT2D eigenvalue weighted by molar-refractivity contribution is -0.192. The van der Waals surface area contributed by atoms with Gasteiger partial charge in [0.25, 0.3) is 5.91 Å². The van der Waals surface area contributed by atoms with Gasteiger partial charge < -0.3 is 14.4 Å². The molecule has 0 aliphatic carbocycles. The van der Waals surface area contributed by atoms with E-state index in [0.717, 1.165) is 32.7 Å². The zero-order valence-electron chi connectivity index (χ0n) is 14.6. The average Bonchev–Trinajstić information content (AvgIpc) is 3.39. The highest BCUT2D eigenvalue weighted by Gasteiger charge is 2.42. The molecule has 2 fully saturated rings. The van der Waals surface area contributed by atoms with E-state index in [2.05, 4.69) is 9.88 Å². The summed E-state index contributed by atoms with van der Waals surface area (Å²) in [6.07, 6.45) is -1.55. The Labute approximate surface area is 162 Å². The quantitative estimate of drug-likeness (QED) is 0.826. The van der Waals surface area contributed by atoms with Crippen LogP contribution in [0, 0.1) is 11.8 Å². The topological polar surface area (TPSA) is 86.9 Å². The number of carboxylic acids is 1. The molecule has 28 heavy (non-hydrogen) atoms. The first kappa shape index (κ1) is 20.3. The molecule has 2 aromatic heterocycles. The number of thiazole rings is 1. The van der Waals surface area contributed by atoms with Crippen molar-refractivity contribution < 1.29 is 32.3 Å². The van der Waals surface area contributed by atoms with Crippen LogP contribution in [-0.4, -0.2) is 64.1 Å². The molecule has 2 aliphatic heterocycles. The van der Waals surface area contributed by atoms with Crippen molar-refractivity contribution in [2.75, 3.05) is 26.2 Å². The third-order valence-corrected chi connectivity index (χ3v) is 5.32. The summed E-state index contributed by atoms with van der Waals surface area (Å²) >= 11 is 1.47. The van der Waals surface area contributed by atoms with Crippen LogP contribution in [0.3, 0.4) is 0 Å². The lowest BCUT2D eigenvalue weighted by Crippen LogP contribution is -2.33. The molecule has 0 aromatic carbocycles. The number of aliphatic carboxylic acids is 1. The van der Waals surface area contributed by atoms with Crippen molar-refractivity contribution in [3.8, 4) is 0 Å². The molecular weight excluding hydrogens is 399 g/mol. The molecule has 0 radical (unpaired) electrons. The lowest BCUT2D eigenvalue weighted by Gasteiger charge is -2.20. The number of halogens is 3. The zero-order valence-corrected chi connectivity index (χ0v) is 15.4. The second kappa shape index (κ2) is 8.31. The van der Waals surface area contributed by atoms with Gasteiger partial charge in [0.15, 0.2) is 0 Å². The van der Waals surface area contributed by atoms with Crippen molar-refractivity contribution >= 4 is 23.2 Å². The minimum atomic E-state index is -5.08. The van der Waals surface area contributed by atoms with Gasteiger partial charge in [0.2, 0.25) is 0 Å². The number of fused-ring (bicyclic) bond motifs is 1. The summed E-state index contributed by atoms with van der Waals surface area (Å²) in [5.74, 6) is -1.47. The molecule has 2 unspecified atom stereocenters. The van der Waals surface area contributed by atoms with Crippen LogP contribution in [0.25, 0.3) is 0 Å². The molecule has 2 atom stereocenters. The predicted octanol–water partition coefficient (Wildman–Crippen LogP) is 2.57. The molecule has 0 bridgehead atoms. The second-order valence-corrected chi connectivity index (χ2v) is 7.45. The van der Waals surface area contributed by atoms with Gasteiger partial charge in [-0.2, -0.15) is 13.2 Å². The summed E-state index contributed by atoms with van der Waals surface area (Å²) in [7, 11) is 0. The van der Waals surface area contributed by atoms with E-state index in [0.29, 0.717) is 17.5 Å². The Morgan fingerprint density at radius 1 is 1.25 bits per heavy atom. The first-order chi connectivity index (χ1) is 13.2. The number of alkyl halides is 3. The first-order valence-electron chi connectivity index (χ1n) is 8.45. The number of aromatic nitrogens is 1. The largest absolute Gasteiger partial charge is 0.490 e. The van der Waals surface area contributed by atoms with E-state index in [4.69, 9.17) is 14.3 Å². The fraction of sp³-hybridized carbons (Fsp3) is 0.471. The fourth-order valence-electron chi connectivity index (χ4n) is 3.51. The van der Waals surface area contributed by atoms with E-state index in [9.17, 15) is 18.0 Å². The highest BCUT2D eigenvalue weighted by molar-refractivity contribution is 7.07. The number of carbonyl (C=O) groups is 2. The Bertz CT molecular complexity index is 781. The van der Waals surface area contributed by atoms with Gasteiger partial charge in [0.1, 0.15) is 5.69 Å². The van der Waals surface area contributed by atoms with Crippen molar-refractivity contribution in [1.29, 1.82) is 0 Å². The summed E-state index contributed by atoms with van der Waals surface area (Å²) in [5, 5.41) is 8.96. The summed E-state index contributed by atoms with van der Waals surface area (Å²) < 4.78 is 36.9. The number of carbonyl (C=O) groups excluding carboxylic acids is 1. The van der Waals surface area contributed by atoms with E-state index in [1.165, 1.54) is 16.9 Å². The van der Waals surface area contributed by atoms with Crippen LogP contribution in [0.5, 0.6) is 0 Å². The molecule has 4 heterocycles. The molecule has 0 saturated carbocycles. The van der Waals surface area contributed by atoms with Gasteiger partial charge in [0, 0.05) is 43.7 Å². The van der Waals surface area contributed by atoms with Crippen LogP contribution in [0.4, 0.5) is 13.2 Å². The van der Waals surface area contributed by atoms with Gasteiger partial charge in [0.05, 0.1) is 18.0 Å². The molecular formula is C17H18F3N3O4S. The summed E-state index contributed by atoms with van der Waals surface area (Å²) in [6, 6.07) is 2.02. The molecule has 152 valence electrons. The van der Waals surface area contributed by atoms with Gasteiger partial charge in [-0.3, -0.25) is 9.69 Å². The third kappa shape index (κ3) is 4.90. The minimum Gasteiger partial charge on any atom is -0.475 e. The summed E-state index contributed by atoms with van der Waals surface area (Å²) in [6.45, 7) is 4.81. The zero-order chi connectivity index (χ0) is 20.3. The summed E-state index contributed by atoms with van der Waals surface area (Å²) in [5.41, 5.74) is 3.54. The van der Waals surface area contributed by atoms with Gasteiger partial charge in [-0.05, 0) is 17.9 Å². The van der Waals surface area contributed by atoms with Gasteiger partial charge >= 0.3 is 12.1 Å². The highest BCUT2D eigenvalue weighted by atomic mass is 32.1. The molecule has 11 heteroatoms. The maximum atomic E-state index is 12.3. The van der Waals surface area contributed by atoms with E-state index in [1.54, 1.807) is 11.8 Å². The van der Waals surface area contributed by atoms with Gasteiger partial charge in [-0.15, -0.1) is 11.3 Å². The highest BCUT2D eigenvalue weighted by Crippen LogP contribution is 2.32. The number of likely N-dealkylation sites (tertiary alicyclic amines) is 2. The molecule has 2 saturated heterocycles. The Hall–Kier alpha value is -2.40. The SMILES string of the molecule is O=C(O)C(F)(F)F.O=C(c1cscn1)N1CC2CN(Cc3ccoc3)CC2C1. The van der Waals surface area contributed by atoms with E-state index < -0.39 is 12.1 Å². The first-order valence-corrected chi connectivity index (χ1v) is 9.39. The molecule has 4 rings (SSSR count). The van der Waals surface area contributed by atoms with Crippen molar-refractivity contribution in [2.24, 2.45) is 11.8 Å². The van der Waals surface area contributed by atoms with Crippen molar-refractivity contribution in [2.45, 2.75) is 12.7 Å². The Morgan fingerprint density at radius 2 is 1.89 bits per heavy atom. The maximum absolute atomic E-state index is 12.3. The van der Waals surface area contributed by atoms with E-state index >= 15 is 0 Å². The van der Waals surface area contributed by atoms with Crippen LogP contribution in [0.2, 0.25) is 0 Å². The minimum absolute atomic E-state index is 0.0898. The lowest BCUT2D eigenvalue weighted by atomic mass is 10.0. The Kier molecular flexibility index (Phi) is 6.04. The number of furan rings is 1. The van der Waals surface area contributed by atoms with Crippen LogP contribution in [-0.2, 0) is 11.3 Å². The molecule has 2 aliphatic rings. The molecule has 7 nitrogen and oxygen atoms in total. The second-order valence-electron chi connectivity index (χ2n) is 6.73. The molecule has 0 spiro atoms. The normalized spacial score (nSPS) is 21.9. The number of hydrogen-bond acceptors (Lipinski definition) is 6. The van der Waals surface area contributed by atoms with Gasteiger partial charge in [-0.25, -0.2) is 9.78 Å². The van der Waals surface area contributed by atoms with Crippen molar-refractivity contribution in [3.05, 3.63) is 40.7 Å². The molecule has 1 amide bonds. The van der Waals surface area contributed by atoms with Crippen LogP contribution in [0.1, 0.15) is 16.1 Å². The number of amides is 1. The van der Waals surface area contributed by atoms with Crippen LogP contribution in [0.15, 0.2) is 33.9 Å². The smallest absolute Gasteiger partial charge is 0.475 e. The van der Waals surface area contributed by atoms with Crippen LogP contribution < -0.4 is 0 Å².